The first-order chi connectivity index (χ1) is 9.37. The van der Waals surface area contributed by atoms with E-state index in [0.717, 1.165) is 11.1 Å². The summed E-state index contributed by atoms with van der Waals surface area (Å²) >= 11 is 0. The summed E-state index contributed by atoms with van der Waals surface area (Å²) in [5.41, 5.74) is 1.88. The first-order valence-corrected chi connectivity index (χ1v) is 6.78. The third-order valence-corrected chi connectivity index (χ3v) is 2.98. The molecule has 0 bridgehead atoms. The summed E-state index contributed by atoms with van der Waals surface area (Å²) in [6, 6.07) is 9.69. The molecule has 1 N–H and O–H groups in total. The molecule has 0 saturated heterocycles. The summed E-state index contributed by atoms with van der Waals surface area (Å²) in [6.07, 6.45) is 3.69. The summed E-state index contributed by atoms with van der Waals surface area (Å²) in [6.45, 7) is 7.76. The highest BCUT2D eigenvalue weighted by Crippen LogP contribution is 2.19. The molecule has 1 heterocycles. The van der Waals surface area contributed by atoms with Crippen LogP contribution >= 0.6 is 0 Å². The smallest absolute Gasteiger partial charge is 0.244 e. The minimum absolute atomic E-state index is 0.0276. The Labute approximate surface area is 119 Å². The van der Waals surface area contributed by atoms with Crippen molar-refractivity contribution in [2.75, 3.05) is 0 Å². The molecule has 1 amide bonds. The largest absolute Gasteiger partial charge is 0.350 e. The van der Waals surface area contributed by atoms with E-state index < -0.39 is 0 Å². The summed E-state index contributed by atoms with van der Waals surface area (Å²) in [7, 11) is 0. The monoisotopic (exact) mass is 271 g/mol. The summed E-state index contributed by atoms with van der Waals surface area (Å²) in [5, 5.41) is 7.27. The van der Waals surface area contributed by atoms with Crippen LogP contribution in [0.4, 0.5) is 0 Å². The maximum Gasteiger partial charge on any atom is 0.244 e. The number of hydrogen-bond acceptors (Lipinski definition) is 2. The van der Waals surface area contributed by atoms with E-state index in [1.54, 1.807) is 10.9 Å². The van der Waals surface area contributed by atoms with Crippen molar-refractivity contribution in [2.24, 2.45) is 0 Å². The van der Waals surface area contributed by atoms with Crippen molar-refractivity contribution < 1.29 is 4.79 Å². The van der Waals surface area contributed by atoms with Gasteiger partial charge in [-0.3, -0.25) is 9.48 Å². The van der Waals surface area contributed by atoms with Gasteiger partial charge in [-0.25, -0.2) is 0 Å². The number of amides is 1. The predicted molar refractivity (Wildman–Crippen MR) is 80.3 cm³/mol. The highest BCUT2D eigenvalue weighted by atomic mass is 16.2. The summed E-state index contributed by atoms with van der Waals surface area (Å²) in [4.78, 5) is 12.1. The highest BCUT2D eigenvalue weighted by molar-refractivity contribution is 5.80. The second-order valence-corrected chi connectivity index (χ2v) is 5.99. The normalized spacial score (nSPS) is 13.0. The Hall–Kier alpha value is -2.10. The van der Waals surface area contributed by atoms with Gasteiger partial charge in [-0.1, -0.05) is 30.3 Å². The van der Waals surface area contributed by atoms with Crippen LogP contribution in [0.15, 0.2) is 42.7 Å². The van der Waals surface area contributed by atoms with Crippen molar-refractivity contribution >= 4 is 5.91 Å². The van der Waals surface area contributed by atoms with Crippen molar-refractivity contribution in [3.63, 3.8) is 0 Å². The van der Waals surface area contributed by atoms with Crippen molar-refractivity contribution in [2.45, 2.75) is 39.3 Å². The van der Waals surface area contributed by atoms with Gasteiger partial charge in [0.05, 0.1) is 6.20 Å². The van der Waals surface area contributed by atoms with Crippen molar-refractivity contribution in [1.82, 2.24) is 15.1 Å². The van der Waals surface area contributed by atoms with E-state index in [1.807, 2.05) is 64.2 Å². The van der Waals surface area contributed by atoms with Gasteiger partial charge in [0.2, 0.25) is 5.91 Å². The summed E-state index contributed by atoms with van der Waals surface area (Å²) in [5.74, 6) is -0.0276. The molecule has 4 heteroatoms. The Morgan fingerprint density at radius 1 is 1.20 bits per heavy atom. The lowest BCUT2D eigenvalue weighted by Gasteiger charge is -2.23. The SMILES string of the molecule is C[C@@H](C(=O)NC(C)(C)C)n1cc(-c2ccccc2)cn1. The molecule has 1 atom stereocenters. The number of benzene rings is 1. The van der Waals surface area contributed by atoms with Crippen LogP contribution in [0, 0.1) is 0 Å². The number of nitrogens with one attached hydrogen (secondary N) is 1. The third kappa shape index (κ3) is 3.47. The quantitative estimate of drug-likeness (QED) is 0.932. The molecule has 0 spiro atoms. The fraction of sp³-hybridized carbons (Fsp3) is 0.375. The van der Waals surface area contributed by atoms with E-state index in [2.05, 4.69) is 10.4 Å². The Morgan fingerprint density at radius 3 is 2.45 bits per heavy atom. The molecule has 0 radical (unpaired) electrons. The molecular formula is C16H21N3O. The Kier molecular flexibility index (Phi) is 3.93. The molecule has 2 aromatic rings. The van der Waals surface area contributed by atoms with Gasteiger partial charge in [-0.2, -0.15) is 5.10 Å². The first kappa shape index (κ1) is 14.3. The van der Waals surface area contributed by atoms with E-state index in [0.29, 0.717) is 0 Å². The average Bonchev–Trinajstić information content (AvgIpc) is 2.86. The molecular weight excluding hydrogens is 250 g/mol. The Bertz CT molecular complexity index is 581. The molecule has 2 rings (SSSR count). The number of carbonyl (C=O) groups excluding carboxylic acids is 1. The second-order valence-electron chi connectivity index (χ2n) is 5.99. The molecule has 1 aromatic carbocycles. The Balaban J connectivity index is 2.15. The molecule has 0 saturated carbocycles. The van der Waals surface area contributed by atoms with Gasteiger partial charge >= 0.3 is 0 Å². The van der Waals surface area contributed by atoms with Gasteiger partial charge < -0.3 is 5.32 Å². The third-order valence-electron chi connectivity index (χ3n) is 2.98. The summed E-state index contributed by atoms with van der Waals surface area (Å²) < 4.78 is 1.70. The lowest BCUT2D eigenvalue weighted by molar-refractivity contribution is -0.125. The van der Waals surface area contributed by atoms with Crippen molar-refractivity contribution in [1.29, 1.82) is 0 Å². The van der Waals surface area contributed by atoms with Crippen LogP contribution in [0.5, 0.6) is 0 Å². The average molecular weight is 271 g/mol. The number of carbonyl (C=O) groups is 1. The van der Waals surface area contributed by atoms with Crippen LogP contribution < -0.4 is 5.32 Å². The molecule has 0 unspecified atom stereocenters. The van der Waals surface area contributed by atoms with E-state index in [4.69, 9.17) is 0 Å². The van der Waals surface area contributed by atoms with E-state index in [1.165, 1.54) is 0 Å². The van der Waals surface area contributed by atoms with Gasteiger partial charge in [0.1, 0.15) is 6.04 Å². The highest BCUT2D eigenvalue weighted by Gasteiger charge is 2.21. The fourth-order valence-electron chi connectivity index (χ4n) is 1.92. The number of nitrogens with zero attached hydrogens (tertiary/aromatic N) is 2. The van der Waals surface area contributed by atoms with Gasteiger partial charge in [-0.05, 0) is 33.3 Å². The van der Waals surface area contributed by atoms with E-state index in [9.17, 15) is 4.79 Å². The topological polar surface area (TPSA) is 46.9 Å². The van der Waals surface area contributed by atoms with E-state index in [-0.39, 0.29) is 17.5 Å². The zero-order chi connectivity index (χ0) is 14.8. The molecule has 0 aliphatic carbocycles. The fourth-order valence-corrected chi connectivity index (χ4v) is 1.92. The number of aromatic nitrogens is 2. The minimum Gasteiger partial charge on any atom is -0.350 e. The van der Waals surface area contributed by atoms with Crippen LogP contribution in [0.2, 0.25) is 0 Å². The van der Waals surface area contributed by atoms with E-state index >= 15 is 0 Å². The van der Waals surface area contributed by atoms with Crippen molar-refractivity contribution in [3.05, 3.63) is 42.7 Å². The molecule has 20 heavy (non-hydrogen) atoms. The minimum atomic E-state index is -0.327. The molecule has 1 aromatic heterocycles. The van der Waals surface area contributed by atoms with Crippen LogP contribution in [0.3, 0.4) is 0 Å². The lowest BCUT2D eigenvalue weighted by atomic mass is 10.1. The maximum atomic E-state index is 12.1. The van der Waals surface area contributed by atoms with Crippen LogP contribution in [0.25, 0.3) is 11.1 Å². The van der Waals surface area contributed by atoms with Crippen molar-refractivity contribution in [3.8, 4) is 11.1 Å². The molecule has 4 nitrogen and oxygen atoms in total. The molecule has 0 fully saturated rings. The van der Waals surface area contributed by atoms with Gasteiger partial charge in [0.25, 0.3) is 0 Å². The van der Waals surface area contributed by atoms with Crippen LogP contribution in [-0.2, 0) is 4.79 Å². The van der Waals surface area contributed by atoms with Gasteiger partial charge in [0.15, 0.2) is 0 Å². The number of hydrogen-bond donors (Lipinski definition) is 1. The zero-order valence-corrected chi connectivity index (χ0v) is 12.4. The molecule has 106 valence electrons. The van der Waals surface area contributed by atoms with Gasteiger partial charge in [0, 0.05) is 17.3 Å². The molecule has 0 aliphatic heterocycles. The Morgan fingerprint density at radius 2 is 1.85 bits per heavy atom. The van der Waals surface area contributed by atoms with Gasteiger partial charge in [-0.15, -0.1) is 0 Å². The second kappa shape index (κ2) is 5.49. The molecule has 0 aliphatic rings. The van der Waals surface area contributed by atoms with Crippen LogP contribution in [0.1, 0.15) is 33.7 Å². The zero-order valence-electron chi connectivity index (χ0n) is 12.4. The number of rotatable bonds is 3. The predicted octanol–water partition coefficient (Wildman–Crippen LogP) is 3.03. The standard InChI is InChI=1S/C16H21N3O/c1-12(15(20)18-16(2,3)4)19-11-14(10-17-19)13-8-6-5-7-9-13/h5-12H,1-4H3,(H,18,20)/t12-/m0/s1. The lowest BCUT2D eigenvalue weighted by Crippen LogP contribution is -2.43. The maximum absolute atomic E-state index is 12.1. The first-order valence-electron chi connectivity index (χ1n) is 6.78. The van der Waals surface area contributed by atoms with Crippen LogP contribution in [-0.4, -0.2) is 21.2 Å².